The lowest BCUT2D eigenvalue weighted by molar-refractivity contribution is 0.265. The lowest BCUT2D eigenvalue weighted by Crippen LogP contribution is -2.26. The first-order valence-corrected chi connectivity index (χ1v) is 6.20. The van der Waals surface area contributed by atoms with Crippen LogP contribution in [0, 0.1) is 0 Å². The molecule has 0 aliphatic rings. The third kappa shape index (κ3) is 2.69. The van der Waals surface area contributed by atoms with Gasteiger partial charge in [0.25, 0.3) is 0 Å². The smallest absolute Gasteiger partial charge is 0.284 e. The number of rotatable bonds is 4. The quantitative estimate of drug-likeness (QED) is 0.452. The Labute approximate surface area is 106 Å². The van der Waals surface area contributed by atoms with Crippen LogP contribution in [0.15, 0.2) is 18.2 Å². The lowest BCUT2D eigenvalue weighted by Gasteiger charge is -2.22. The number of anilines is 1. The Morgan fingerprint density at radius 2 is 1.75 bits per heavy atom. The summed E-state index contributed by atoms with van der Waals surface area (Å²) < 4.78 is 0. The molecule has 1 rings (SSSR count). The van der Waals surface area contributed by atoms with Crippen LogP contribution in [0.4, 0.5) is 10.5 Å². The number of carbonyl (C=O) groups excluding carboxylic acids is 1. The number of aryl methyl sites for hydroxylation is 2. The molecule has 16 heavy (non-hydrogen) atoms. The van der Waals surface area contributed by atoms with Gasteiger partial charge in [0, 0.05) is 0 Å². The molecular formula is C12H15Cl2NO. The van der Waals surface area contributed by atoms with Crippen molar-refractivity contribution >= 4 is 34.3 Å². The van der Waals surface area contributed by atoms with Gasteiger partial charge < -0.3 is 0 Å². The van der Waals surface area contributed by atoms with Gasteiger partial charge in [-0.3, -0.25) is 9.69 Å². The van der Waals surface area contributed by atoms with E-state index in [-0.39, 0.29) is 6.00 Å². The highest BCUT2D eigenvalue weighted by molar-refractivity contribution is 6.66. The van der Waals surface area contributed by atoms with Gasteiger partial charge in [0.05, 0.1) is 5.69 Å². The van der Waals surface area contributed by atoms with Crippen molar-refractivity contribution < 1.29 is 4.79 Å². The first kappa shape index (κ1) is 13.3. The molecule has 0 aromatic heterocycles. The van der Waals surface area contributed by atoms with E-state index in [0.717, 1.165) is 29.7 Å². The van der Waals surface area contributed by atoms with Crippen LogP contribution in [0.25, 0.3) is 0 Å². The van der Waals surface area contributed by atoms with E-state index in [1.54, 1.807) is 0 Å². The van der Waals surface area contributed by atoms with Crippen molar-refractivity contribution in [2.75, 3.05) is 10.9 Å². The third-order valence-corrected chi connectivity index (χ3v) is 3.01. The van der Waals surface area contributed by atoms with Crippen molar-refractivity contribution in [3.63, 3.8) is 0 Å². The molecule has 0 spiro atoms. The monoisotopic (exact) mass is 259 g/mol. The third-order valence-electron chi connectivity index (χ3n) is 2.57. The molecule has 0 aliphatic carbocycles. The van der Waals surface area contributed by atoms with Crippen LogP contribution in [-0.2, 0) is 12.8 Å². The predicted molar refractivity (Wildman–Crippen MR) is 69.6 cm³/mol. The molecular weight excluding hydrogens is 245 g/mol. The molecule has 0 aliphatic heterocycles. The van der Waals surface area contributed by atoms with Gasteiger partial charge in [0.1, 0.15) is 6.00 Å². The number of para-hydroxylation sites is 1. The Balaban J connectivity index is 3.31. The minimum Gasteiger partial charge on any atom is -0.284 e. The number of hydrogen-bond acceptors (Lipinski definition) is 1. The van der Waals surface area contributed by atoms with E-state index in [9.17, 15) is 4.79 Å². The van der Waals surface area contributed by atoms with Crippen molar-refractivity contribution in [2.24, 2.45) is 0 Å². The molecule has 0 heterocycles. The Morgan fingerprint density at radius 1 is 1.25 bits per heavy atom. The first-order valence-electron chi connectivity index (χ1n) is 5.29. The number of alkyl halides is 1. The summed E-state index contributed by atoms with van der Waals surface area (Å²) in [6.45, 7) is 4.09. The fraction of sp³-hybridized carbons (Fsp3) is 0.417. The van der Waals surface area contributed by atoms with Gasteiger partial charge in [-0.2, -0.15) is 0 Å². The lowest BCUT2D eigenvalue weighted by atomic mass is 10.0. The zero-order valence-electron chi connectivity index (χ0n) is 9.46. The van der Waals surface area contributed by atoms with Crippen LogP contribution >= 0.6 is 23.2 Å². The van der Waals surface area contributed by atoms with Gasteiger partial charge in [-0.25, -0.2) is 0 Å². The van der Waals surface area contributed by atoms with Crippen molar-refractivity contribution in [2.45, 2.75) is 26.7 Å². The number of nitrogens with zero attached hydrogens (tertiary/aromatic N) is 1. The molecule has 0 N–H and O–H groups in total. The van der Waals surface area contributed by atoms with Crippen molar-refractivity contribution in [3.05, 3.63) is 29.3 Å². The summed E-state index contributed by atoms with van der Waals surface area (Å²) in [6.07, 6.45) is 1.70. The molecule has 1 amide bonds. The van der Waals surface area contributed by atoms with Gasteiger partial charge in [0.15, 0.2) is 0 Å². The highest BCUT2D eigenvalue weighted by Gasteiger charge is 2.18. The summed E-state index contributed by atoms with van der Waals surface area (Å²) in [5.41, 5.74) is 3.05. The van der Waals surface area contributed by atoms with Gasteiger partial charge >= 0.3 is 5.37 Å². The molecule has 0 bridgehead atoms. The second kappa shape index (κ2) is 6.12. The predicted octanol–water partition coefficient (Wildman–Crippen LogP) is 4.17. The van der Waals surface area contributed by atoms with Crippen LogP contribution in [0.2, 0.25) is 0 Å². The van der Waals surface area contributed by atoms with E-state index in [2.05, 4.69) is 0 Å². The van der Waals surface area contributed by atoms with E-state index in [4.69, 9.17) is 23.2 Å². The molecule has 0 fully saturated rings. The molecule has 0 radical (unpaired) electrons. The number of benzene rings is 1. The summed E-state index contributed by atoms with van der Waals surface area (Å²) in [6, 6.07) is 6.06. The molecule has 0 saturated heterocycles. The fourth-order valence-electron chi connectivity index (χ4n) is 1.76. The van der Waals surface area contributed by atoms with Gasteiger partial charge in [-0.05, 0) is 35.6 Å². The van der Waals surface area contributed by atoms with E-state index < -0.39 is 5.37 Å². The maximum Gasteiger partial charge on any atom is 0.321 e. The molecule has 0 saturated carbocycles. The van der Waals surface area contributed by atoms with Crippen molar-refractivity contribution in [1.82, 2.24) is 0 Å². The maximum atomic E-state index is 11.3. The standard InChI is InChI=1S/C12H15Cl2NO/c1-3-9-6-5-7-10(4-2)11(9)15(8-13)12(14)16/h5-7H,3-4,8H2,1-2H3. The first-order chi connectivity index (χ1) is 7.65. The highest BCUT2D eigenvalue weighted by atomic mass is 35.5. The van der Waals surface area contributed by atoms with Crippen LogP contribution < -0.4 is 4.90 Å². The number of carbonyl (C=O) groups is 1. The normalized spacial score (nSPS) is 10.2. The van der Waals surface area contributed by atoms with Crippen LogP contribution in [-0.4, -0.2) is 11.4 Å². The van der Waals surface area contributed by atoms with Gasteiger partial charge in [-0.1, -0.05) is 32.0 Å². The van der Waals surface area contributed by atoms with Crippen LogP contribution in [0.1, 0.15) is 25.0 Å². The summed E-state index contributed by atoms with van der Waals surface area (Å²) in [7, 11) is 0. The second-order valence-electron chi connectivity index (χ2n) is 3.43. The van der Waals surface area contributed by atoms with E-state index >= 15 is 0 Å². The molecule has 1 aromatic carbocycles. The Bertz CT molecular complexity index is 357. The largest absolute Gasteiger partial charge is 0.321 e. The Hall–Kier alpha value is -0.730. The minimum absolute atomic E-state index is 0.0757. The van der Waals surface area contributed by atoms with Crippen molar-refractivity contribution in [1.29, 1.82) is 0 Å². The SMILES string of the molecule is CCc1cccc(CC)c1N(CCl)C(=O)Cl. The molecule has 1 aromatic rings. The molecule has 0 atom stereocenters. The summed E-state index contributed by atoms with van der Waals surface area (Å²) in [4.78, 5) is 12.7. The average Bonchev–Trinajstić information content (AvgIpc) is 2.29. The van der Waals surface area contributed by atoms with Crippen LogP contribution in [0.5, 0.6) is 0 Å². The van der Waals surface area contributed by atoms with Crippen molar-refractivity contribution in [3.8, 4) is 0 Å². The Morgan fingerprint density at radius 3 is 2.06 bits per heavy atom. The fourth-order valence-corrected chi connectivity index (χ4v) is 2.19. The number of halogens is 2. The summed E-state index contributed by atoms with van der Waals surface area (Å²) in [5, 5.41) is -0.536. The Kier molecular flexibility index (Phi) is 5.10. The van der Waals surface area contributed by atoms with E-state index in [0.29, 0.717) is 0 Å². The summed E-state index contributed by atoms with van der Waals surface area (Å²) >= 11 is 11.3. The topological polar surface area (TPSA) is 20.3 Å². The summed E-state index contributed by atoms with van der Waals surface area (Å²) in [5.74, 6) is 0. The molecule has 4 heteroatoms. The molecule has 2 nitrogen and oxygen atoms in total. The molecule has 0 unspecified atom stereocenters. The maximum absolute atomic E-state index is 11.3. The number of amides is 1. The van der Waals surface area contributed by atoms with Crippen LogP contribution in [0.3, 0.4) is 0 Å². The zero-order valence-corrected chi connectivity index (χ0v) is 11.0. The minimum atomic E-state index is -0.536. The van der Waals surface area contributed by atoms with Gasteiger partial charge in [-0.15, -0.1) is 11.6 Å². The van der Waals surface area contributed by atoms with Gasteiger partial charge in [0.2, 0.25) is 0 Å². The molecule has 88 valence electrons. The average molecular weight is 260 g/mol. The highest BCUT2D eigenvalue weighted by Crippen LogP contribution is 2.28. The second-order valence-corrected chi connectivity index (χ2v) is 3.99. The number of hydrogen-bond donors (Lipinski definition) is 0. The zero-order chi connectivity index (χ0) is 12.1. The van der Waals surface area contributed by atoms with E-state index in [1.165, 1.54) is 4.90 Å². The van der Waals surface area contributed by atoms with E-state index in [1.807, 2.05) is 32.0 Å².